The molecule has 1 aromatic rings. The van der Waals surface area contributed by atoms with Crippen LogP contribution in [0.1, 0.15) is 36.9 Å². The maximum absolute atomic E-state index is 6.35. The maximum atomic E-state index is 6.35. The molecule has 3 rings (SSSR count). The fourth-order valence-corrected chi connectivity index (χ4v) is 4.40. The van der Waals surface area contributed by atoms with Crippen molar-refractivity contribution in [3.8, 4) is 5.75 Å². The van der Waals surface area contributed by atoms with E-state index in [4.69, 9.17) is 4.74 Å². The Labute approximate surface area is 113 Å². The second-order valence-corrected chi connectivity index (χ2v) is 6.55. The lowest BCUT2D eigenvalue weighted by atomic mass is 9.86. The molecule has 1 N–H and O–H groups in total. The number of fused-ring (bicyclic) bond motifs is 1. The zero-order valence-corrected chi connectivity index (χ0v) is 12.0. The molecule has 98 valence electrons. The molecule has 0 saturated carbocycles. The molecule has 0 aliphatic carbocycles. The predicted molar refractivity (Wildman–Crippen MR) is 77.5 cm³/mol. The summed E-state index contributed by atoms with van der Waals surface area (Å²) >= 11 is 2.02. The Hall–Kier alpha value is -0.670. The van der Waals surface area contributed by atoms with Crippen molar-refractivity contribution in [3.05, 3.63) is 29.3 Å². The number of hydrogen-bond donors (Lipinski definition) is 1. The number of hydrogen-bond acceptors (Lipinski definition) is 3. The fourth-order valence-electron chi connectivity index (χ4n) is 3.05. The van der Waals surface area contributed by atoms with E-state index in [-0.39, 0.29) is 5.60 Å². The van der Waals surface area contributed by atoms with Gasteiger partial charge in [-0.1, -0.05) is 24.6 Å². The topological polar surface area (TPSA) is 21.3 Å². The minimum atomic E-state index is 0.0831. The quantitative estimate of drug-likeness (QED) is 0.884. The molecule has 0 radical (unpaired) electrons. The largest absolute Gasteiger partial charge is 0.486 e. The van der Waals surface area contributed by atoms with E-state index in [1.54, 1.807) is 0 Å². The first-order chi connectivity index (χ1) is 8.72. The van der Waals surface area contributed by atoms with Crippen molar-refractivity contribution in [1.82, 2.24) is 5.32 Å². The van der Waals surface area contributed by atoms with Gasteiger partial charge in [-0.15, -0.1) is 0 Å². The fraction of sp³-hybridized carbons (Fsp3) is 0.600. The Morgan fingerprint density at radius 2 is 2.39 bits per heavy atom. The summed E-state index contributed by atoms with van der Waals surface area (Å²) in [4.78, 5) is 0. The van der Waals surface area contributed by atoms with Gasteiger partial charge in [0, 0.05) is 23.8 Å². The molecule has 1 spiro atoms. The molecule has 2 unspecified atom stereocenters. The minimum Gasteiger partial charge on any atom is -0.486 e. The van der Waals surface area contributed by atoms with Crippen molar-refractivity contribution in [2.75, 3.05) is 18.1 Å². The summed E-state index contributed by atoms with van der Waals surface area (Å²) < 4.78 is 6.35. The lowest BCUT2D eigenvalue weighted by molar-refractivity contribution is 0.0555. The normalized spacial score (nSPS) is 30.2. The molecule has 2 aliphatic heterocycles. The number of benzene rings is 1. The summed E-state index contributed by atoms with van der Waals surface area (Å²) in [5.74, 6) is 3.47. The minimum absolute atomic E-state index is 0.0831. The number of ether oxygens (including phenoxy) is 1. The molecule has 1 aromatic carbocycles. The summed E-state index contributed by atoms with van der Waals surface area (Å²) in [6.07, 6.45) is 2.30. The maximum Gasteiger partial charge on any atom is 0.124 e. The Kier molecular flexibility index (Phi) is 3.29. The van der Waals surface area contributed by atoms with Crippen LogP contribution in [0.5, 0.6) is 5.75 Å². The second kappa shape index (κ2) is 4.78. The molecule has 0 aromatic heterocycles. The summed E-state index contributed by atoms with van der Waals surface area (Å²) in [5, 5.41) is 3.63. The highest BCUT2D eigenvalue weighted by molar-refractivity contribution is 7.99. The molecule has 18 heavy (non-hydrogen) atoms. The highest BCUT2D eigenvalue weighted by atomic mass is 32.2. The molecule has 2 aliphatic rings. The summed E-state index contributed by atoms with van der Waals surface area (Å²) in [7, 11) is 0. The highest BCUT2D eigenvalue weighted by Gasteiger charge is 2.43. The van der Waals surface area contributed by atoms with E-state index < -0.39 is 0 Å². The average Bonchev–Trinajstić information content (AvgIpc) is 2.79. The number of rotatable bonds is 2. The van der Waals surface area contributed by atoms with Crippen LogP contribution in [0.15, 0.2) is 18.2 Å². The zero-order valence-electron chi connectivity index (χ0n) is 11.2. The number of thioether (sulfide) groups is 1. The third-order valence-corrected chi connectivity index (χ3v) is 5.18. The summed E-state index contributed by atoms with van der Waals surface area (Å²) in [6, 6.07) is 7.04. The molecule has 1 saturated heterocycles. The van der Waals surface area contributed by atoms with Gasteiger partial charge in [0.25, 0.3) is 0 Å². The molecule has 0 bridgehead atoms. The molecule has 3 heteroatoms. The molecule has 2 heterocycles. The van der Waals surface area contributed by atoms with Crippen LogP contribution in [-0.4, -0.2) is 23.7 Å². The van der Waals surface area contributed by atoms with Crippen molar-refractivity contribution < 1.29 is 4.74 Å². The van der Waals surface area contributed by atoms with Crippen LogP contribution in [0, 0.1) is 6.92 Å². The average molecular weight is 263 g/mol. The van der Waals surface area contributed by atoms with E-state index >= 15 is 0 Å². The van der Waals surface area contributed by atoms with Crippen molar-refractivity contribution in [1.29, 1.82) is 0 Å². The predicted octanol–water partition coefficient (Wildman–Crippen LogP) is 3.30. The Morgan fingerprint density at radius 3 is 3.11 bits per heavy atom. The summed E-state index contributed by atoms with van der Waals surface area (Å²) in [6.45, 7) is 5.35. The van der Waals surface area contributed by atoms with Crippen LogP contribution < -0.4 is 10.1 Å². The van der Waals surface area contributed by atoms with Crippen LogP contribution in [0.2, 0.25) is 0 Å². The van der Waals surface area contributed by atoms with E-state index in [1.807, 2.05) is 11.8 Å². The second-order valence-electron chi connectivity index (χ2n) is 5.44. The Bertz CT molecular complexity index is 440. The first-order valence-corrected chi connectivity index (χ1v) is 7.99. The van der Waals surface area contributed by atoms with Crippen LogP contribution in [0.25, 0.3) is 0 Å². The number of nitrogens with one attached hydrogen (secondary N) is 1. The van der Waals surface area contributed by atoms with Crippen molar-refractivity contribution >= 4 is 11.8 Å². The van der Waals surface area contributed by atoms with Gasteiger partial charge in [0.2, 0.25) is 0 Å². The first kappa shape index (κ1) is 12.4. The molecular weight excluding hydrogens is 242 g/mol. The van der Waals surface area contributed by atoms with Crippen LogP contribution >= 0.6 is 11.8 Å². The van der Waals surface area contributed by atoms with Gasteiger partial charge in [-0.2, -0.15) is 11.8 Å². The molecule has 2 nitrogen and oxygen atoms in total. The molecule has 2 atom stereocenters. The SMILES string of the molecule is CCNC1CC2(CCSC2)Oc2ccc(C)cc21. The third kappa shape index (κ3) is 2.14. The standard InChI is InChI=1S/C15H21NOS/c1-3-16-13-9-15(6-7-18-10-15)17-14-5-4-11(2)8-12(13)14/h4-5,8,13,16H,3,6-7,9-10H2,1-2H3. The Balaban J connectivity index is 1.97. The molecule has 0 amide bonds. The van der Waals surface area contributed by atoms with Gasteiger partial charge < -0.3 is 10.1 Å². The monoisotopic (exact) mass is 263 g/mol. The van der Waals surface area contributed by atoms with Gasteiger partial charge in [0.15, 0.2) is 0 Å². The Morgan fingerprint density at radius 1 is 1.50 bits per heavy atom. The van der Waals surface area contributed by atoms with Gasteiger partial charge in [-0.3, -0.25) is 0 Å². The van der Waals surface area contributed by atoms with Gasteiger partial charge in [-0.05, 0) is 31.7 Å². The van der Waals surface area contributed by atoms with E-state index in [0.717, 1.165) is 24.5 Å². The smallest absolute Gasteiger partial charge is 0.124 e. The van der Waals surface area contributed by atoms with Crippen molar-refractivity contribution in [2.24, 2.45) is 0 Å². The zero-order chi connectivity index (χ0) is 12.6. The first-order valence-electron chi connectivity index (χ1n) is 6.83. The third-order valence-electron chi connectivity index (χ3n) is 3.96. The van der Waals surface area contributed by atoms with Gasteiger partial charge in [0.05, 0.1) is 0 Å². The highest BCUT2D eigenvalue weighted by Crippen LogP contribution is 2.45. The van der Waals surface area contributed by atoms with Gasteiger partial charge in [0.1, 0.15) is 11.4 Å². The van der Waals surface area contributed by atoms with E-state index in [2.05, 4.69) is 37.4 Å². The lowest BCUT2D eigenvalue weighted by Gasteiger charge is -2.40. The van der Waals surface area contributed by atoms with Crippen LogP contribution in [0.3, 0.4) is 0 Å². The van der Waals surface area contributed by atoms with Crippen molar-refractivity contribution in [2.45, 2.75) is 38.3 Å². The summed E-state index contributed by atoms with van der Waals surface area (Å²) in [5.41, 5.74) is 2.75. The van der Waals surface area contributed by atoms with Crippen molar-refractivity contribution in [3.63, 3.8) is 0 Å². The van der Waals surface area contributed by atoms with E-state index in [1.165, 1.54) is 23.3 Å². The van der Waals surface area contributed by atoms with Gasteiger partial charge >= 0.3 is 0 Å². The van der Waals surface area contributed by atoms with Crippen LogP contribution in [0.4, 0.5) is 0 Å². The molecule has 1 fully saturated rings. The van der Waals surface area contributed by atoms with E-state index in [0.29, 0.717) is 6.04 Å². The van der Waals surface area contributed by atoms with Gasteiger partial charge in [-0.25, -0.2) is 0 Å². The molecular formula is C15H21NOS. The van der Waals surface area contributed by atoms with Crippen LogP contribution in [-0.2, 0) is 0 Å². The van der Waals surface area contributed by atoms with E-state index in [9.17, 15) is 0 Å². The lowest BCUT2D eigenvalue weighted by Crippen LogP contribution is -2.44. The number of aryl methyl sites for hydroxylation is 1.